The Morgan fingerprint density at radius 3 is 1.23 bits per heavy atom. The number of amides is 2. The minimum absolute atomic E-state index is 0.169. The predicted octanol–water partition coefficient (Wildman–Crippen LogP) is 9.96. The molecule has 9 aromatic carbocycles. The van der Waals surface area contributed by atoms with Crippen molar-refractivity contribution in [3.05, 3.63) is 156 Å². The zero-order valence-corrected chi connectivity index (χ0v) is 23.7. The van der Waals surface area contributed by atoms with Crippen molar-refractivity contribution in [1.29, 1.82) is 0 Å². The molecule has 0 aromatic heterocycles. The maximum absolute atomic E-state index is 14.7. The van der Waals surface area contributed by atoms with E-state index in [0.717, 1.165) is 70.2 Å². The van der Waals surface area contributed by atoms with Crippen LogP contribution in [0.15, 0.2) is 140 Å². The van der Waals surface area contributed by atoms with Gasteiger partial charge in [-0.15, -0.1) is 0 Å². The highest BCUT2D eigenvalue weighted by atomic mass is 16.2. The lowest BCUT2D eigenvalue weighted by Gasteiger charge is -2.24. The van der Waals surface area contributed by atoms with E-state index in [1.54, 1.807) is 0 Å². The van der Waals surface area contributed by atoms with Crippen molar-refractivity contribution in [2.24, 2.45) is 0 Å². The van der Waals surface area contributed by atoms with Crippen LogP contribution in [0.3, 0.4) is 0 Å². The van der Waals surface area contributed by atoms with Crippen molar-refractivity contribution in [1.82, 2.24) is 4.90 Å². The fourth-order valence-corrected chi connectivity index (χ4v) is 7.14. The van der Waals surface area contributed by atoms with Gasteiger partial charge in [0.25, 0.3) is 11.8 Å². The van der Waals surface area contributed by atoms with Gasteiger partial charge in [0, 0.05) is 11.1 Å². The maximum atomic E-state index is 14.7. The van der Waals surface area contributed by atoms with E-state index in [4.69, 9.17) is 0 Å². The van der Waals surface area contributed by atoms with Crippen LogP contribution < -0.4 is 0 Å². The Morgan fingerprint density at radius 2 is 0.773 bits per heavy atom. The van der Waals surface area contributed by atoms with Gasteiger partial charge in [-0.3, -0.25) is 14.5 Å². The molecule has 44 heavy (non-hydrogen) atoms. The first kappa shape index (κ1) is 24.8. The number of carbonyl (C=O) groups is 2. The lowest BCUT2D eigenvalue weighted by atomic mass is 9.91. The molecular weight excluding hydrogens is 538 g/mol. The molecule has 3 nitrogen and oxygen atoms in total. The molecule has 2 amide bonds. The van der Waals surface area contributed by atoms with E-state index in [1.807, 2.05) is 66.7 Å². The van der Waals surface area contributed by atoms with Crippen molar-refractivity contribution in [3.8, 4) is 0 Å². The molecule has 3 heteroatoms. The molecule has 0 radical (unpaired) electrons. The summed E-state index contributed by atoms with van der Waals surface area (Å²) in [6.45, 7) is 0.169. The van der Waals surface area contributed by atoms with Crippen LogP contribution in [0.2, 0.25) is 0 Å². The molecule has 0 unspecified atom stereocenters. The van der Waals surface area contributed by atoms with E-state index in [1.165, 1.54) is 4.90 Å². The van der Waals surface area contributed by atoms with Gasteiger partial charge in [-0.05, 0) is 82.3 Å². The molecule has 0 spiro atoms. The van der Waals surface area contributed by atoms with Crippen LogP contribution in [0.25, 0.3) is 64.6 Å². The van der Waals surface area contributed by atoms with Crippen molar-refractivity contribution in [2.45, 2.75) is 6.54 Å². The molecule has 0 bridgehead atoms. The first-order valence-corrected chi connectivity index (χ1v) is 14.9. The molecule has 0 atom stereocenters. The number of hydrogen-bond acceptors (Lipinski definition) is 2. The summed E-state index contributed by atoms with van der Waals surface area (Å²) in [4.78, 5) is 30.8. The van der Waals surface area contributed by atoms with E-state index in [9.17, 15) is 9.59 Å². The minimum Gasteiger partial charge on any atom is -0.270 e. The topological polar surface area (TPSA) is 37.4 Å². The fraction of sp³-hybridized carbons (Fsp3) is 0.0244. The van der Waals surface area contributed by atoms with E-state index in [2.05, 4.69) is 72.8 Å². The summed E-state index contributed by atoms with van der Waals surface area (Å²) in [5.74, 6) is -0.607. The Balaban J connectivity index is 1.25. The zero-order valence-electron chi connectivity index (χ0n) is 23.7. The average Bonchev–Trinajstić information content (AvgIpc) is 3.08. The summed E-state index contributed by atoms with van der Waals surface area (Å²) in [6.07, 6.45) is 0. The second kappa shape index (κ2) is 9.35. The molecule has 0 aliphatic heterocycles. The maximum Gasteiger partial charge on any atom is 0.261 e. The molecule has 0 aliphatic carbocycles. The van der Waals surface area contributed by atoms with Crippen molar-refractivity contribution in [2.75, 3.05) is 0 Å². The summed E-state index contributed by atoms with van der Waals surface area (Å²) in [7, 11) is 0. The van der Waals surface area contributed by atoms with Crippen LogP contribution in [0.1, 0.15) is 26.3 Å². The lowest BCUT2D eigenvalue weighted by molar-refractivity contribution is 0.0606. The van der Waals surface area contributed by atoms with Gasteiger partial charge in [0.2, 0.25) is 0 Å². The van der Waals surface area contributed by atoms with Gasteiger partial charge in [0.05, 0.1) is 6.54 Å². The van der Waals surface area contributed by atoms with Gasteiger partial charge in [-0.2, -0.15) is 0 Å². The predicted molar refractivity (Wildman–Crippen MR) is 181 cm³/mol. The number of carbonyl (C=O) groups excluding carboxylic acids is 2. The number of rotatable bonds is 4. The third kappa shape index (κ3) is 3.56. The fourth-order valence-electron chi connectivity index (χ4n) is 7.14. The zero-order chi connectivity index (χ0) is 29.4. The Labute approximate surface area is 253 Å². The summed E-state index contributed by atoms with van der Waals surface area (Å²) >= 11 is 0. The van der Waals surface area contributed by atoms with Crippen molar-refractivity contribution >= 4 is 76.4 Å². The number of hydrogen-bond donors (Lipinski definition) is 0. The largest absolute Gasteiger partial charge is 0.270 e. The van der Waals surface area contributed by atoms with Crippen LogP contribution in [0, 0.1) is 0 Å². The van der Waals surface area contributed by atoms with Crippen molar-refractivity contribution < 1.29 is 9.59 Å². The summed E-state index contributed by atoms with van der Waals surface area (Å²) in [5.41, 5.74) is 1.94. The molecular formula is C41H25NO2. The highest BCUT2D eigenvalue weighted by molar-refractivity contribution is 6.30. The van der Waals surface area contributed by atoms with E-state index >= 15 is 0 Å². The van der Waals surface area contributed by atoms with Crippen LogP contribution >= 0.6 is 0 Å². The van der Waals surface area contributed by atoms with E-state index in [-0.39, 0.29) is 18.4 Å². The number of benzene rings is 9. The van der Waals surface area contributed by atoms with Crippen LogP contribution in [-0.2, 0) is 6.54 Å². The van der Waals surface area contributed by atoms with Gasteiger partial charge >= 0.3 is 0 Å². The molecule has 9 rings (SSSR count). The average molecular weight is 564 g/mol. The van der Waals surface area contributed by atoms with E-state index < -0.39 is 0 Å². The molecule has 0 N–H and O–H groups in total. The molecule has 0 fully saturated rings. The number of imide groups is 1. The summed E-state index contributed by atoms with van der Waals surface area (Å²) in [6, 6.07) is 46.7. The van der Waals surface area contributed by atoms with Gasteiger partial charge in [-0.1, -0.05) is 127 Å². The van der Waals surface area contributed by atoms with Gasteiger partial charge < -0.3 is 0 Å². The Bertz CT molecular complexity index is 2370. The molecule has 9 aromatic rings. The first-order valence-electron chi connectivity index (χ1n) is 14.9. The standard InChI is InChI=1S/C41H25NO2/c43-40(34-22-18-30-14-12-26-8-4-10-28-16-20-32(34)38(30)36(26)28)42(24-25-6-2-1-3-7-25)41(44)35-23-19-31-15-13-27-9-5-11-29-17-21-33(35)39(31)37(27)29/h1-23H,24H2. The van der Waals surface area contributed by atoms with Gasteiger partial charge in [-0.25, -0.2) is 0 Å². The smallest absolute Gasteiger partial charge is 0.261 e. The summed E-state index contributed by atoms with van der Waals surface area (Å²) < 4.78 is 0. The molecule has 0 saturated heterocycles. The normalized spacial score (nSPS) is 11.9. The third-order valence-electron chi connectivity index (χ3n) is 9.19. The summed E-state index contributed by atoms with van der Waals surface area (Å²) in [5, 5.41) is 12.8. The Kier molecular flexibility index (Phi) is 5.26. The van der Waals surface area contributed by atoms with Crippen LogP contribution in [-0.4, -0.2) is 16.7 Å². The van der Waals surface area contributed by atoms with Crippen LogP contribution in [0.5, 0.6) is 0 Å². The minimum atomic E-state index is -0.303. The quantitative estimate of drug-likeness (QED) is 0.158. The second-order valence-electron chi connectivity index (χ2n) is 11.6. The number of nitrogens with zero attached hydrogens (tertiary/aromatic N) is 1. The Hall–Kier alpha value is -5.80. The third-order valence-corrected chi connectivity index (χ3v) is 9.19. The first-order chi connectivity index (χ1) is 21.7. The molecule has 0 aliphatic rings. The molecule has 206 valence electrons. The monoisotopic (exact) mass is 563 g/mol. The highest BCUT2D eigenvalue weighted by Gasteiger charge is 2.28. The molecule has 0 heterocycles. The van der Waals surface area contributed by atoms with Gasteiger partial charge in [0.15, 0.2) is 0 Å². The van der Waals surface area contributed by atoms with E-state index in [0.29, 0.717) is 11.1 Å². The van der Waals surface area contributed by atoms with Crippen molar-refractivity contribution in [3.63, 3.8) is 0 Å². The second-order valence-corrected chi connectivity index (χ2v) is 11.6. The van der Waals surface area contributed by atoms with Gasteiger partial charge in [0.1, 0.15) is 0 Å². The SMILES string of the molecule is O=C(c1ccc2ccc3cccc4ccc1c2c34)N(Cc1ccccc1)C(=O)c1ccc2ccc3cccc4ccc1c2c34. The Morgan fingerprint density at radius 1 is 0.386 bits per heavy atom. The van der Waals surface area contributed by atoms with Crippen LogP contribution in [0.4, 0.5) is 0 Å². The lowest BCUT2D eigenvalue weighted by Crippen LogP contribution is -2.36. The highest BCUT2D eigenvalue weighted by Crippen LogP contribution is 2.38. The molecule has 0 saturated carbocycles.